The Balaban J connectivity index is 2.28. The molecule has 0 amide bonds. The Kier molecular flexibility index (Phi) is 4.01. The number of morpholine rings is 1. The van der Waals surface area contributed by atoms with Gasteiger partial charge >= 0.3 is 0 Å². The van der Waals surface area contributed by atoms with Crippen LogP contribution in [0.3, 0.4) is 0 Å². The minimum atomic E-state index is -3.42. The Labute approximate surface area is 108 Å². The first-order valence-electron chi connectivity index (χ1n) is 5.94. The molecule has 0 aromatic heterocycles. The molecule has 0 aliphatic carbocycles. The lowest BCUT2D eigenvalue weighted by atomic mass is 10.2. The molecule has 0 spiro atoms. The van der Waals surface area contributed by atoms with Crippen LogP contribution in [0.25, 0.3) is 0 Å². The highest BCUT2D eigenvalue weighted by Crippen LogP contribution is 2.20. The highest BCUT2D eigenvalue weighted by Gasteiger charge is 2.31. The van der Waals surface area contributed by atoms with Crippen LogP contribution in [0.4, 0.5) is 0 Å². The third-order valence-corrected chi connectivity index (χ3v) is 5.10. The van der Waals surface area contributed by atoms with Crippen molar-refractivity contribution >= 4 is 10.0 Å². The van der Waals surface area contributed by atoms with Gasteiger partial charge in [0, 0.05) is 19.1 Å². The minimum Gasteiger partial charge on any atom is -0.378 e. The van der Waals surface area contributed by atoms with Crippen LogP contribution in [-0.4, -0.2) is 38.5 Å². The largest absolute Gasteiger partial charge is 0.378 e. The van der Waals surface area contributed by atoms with Crippen molar-refractivity contribution in [2.45, 2.75) is 24.4 Å². The quantitative estimate of drug-likeness (QED) is 0.871. The maximum absolute atomic E-state index is 12.4. The topological polar surface area (TPSA) is 72.6 Å². The normalized spacial score (nSPS) is 22.0. The molecule has 2 rings (SSSR count). The molecule has 18 heavy (non-hydrogen) atoms. The number of benzene rings is 1. The third kappa shape index (κ3) is 2.56. The van der Waals surface area contributed by atoms with Crippen LogP contribution in [0.5, 0.6) is 0 Å². The predicted molar refractivity (Wildman–Crippen MR) is 68.5 cm³/mol. The average Bonchev–Trinajstić information content (AvgIpc) is 2.39. The molecule has 1 aromatic rings. The van der Waals surface area contributed by atoms with Gasteiger partial charge in [-0.15, -0.1) is 0 Å². The van der Waals surface area contributed by atoms with Crippen LogP contribution >= 0.6 is 0 Å². The molecule has 1 atom stereocenters. The first-order valence-corrected chi connectivity index (χ1v) is 7.38. The molecule has 5 nitrogen and oxygen atoms in total. The summed E-state index contributed by atoms with van der Waals surface area (Å²) in [5.41, 5.74) is 6.42. The van der Waals surface area contributed by atoms with Gasteiger partial charge < -0.3 is 10.5 Å². The molecule has 0 bridgehead atoms. The zero-order valence-corrected chi connectivity index (χ0v) is 11.2. The summed E-state index contributed by atoms with van der Waals surface area (Å²) in [6.07, 6.45) is 0. The molecule has 0 radical (unpaired) electrons. The van der Waals surface area contributed by atoms with Gasteiger partial charge in [-0.2, -0.15) is 4.31 Å². The maximum Gasteiger partial charge on any atom is 0.243 e. The van der Waals surface area contributed by atoms with Gasteiger partial charge in [-0.3, -0.25) is 0 Å². The van der Waals surface area contributed by atoms with Crippen molar-refractivity contribution in [3.63, 3.8) is 0 Å². The number of rotatable bonds is 3. The molecule has 1 unspecified atom stereocenters. The Morgan fingerprint density at radius 3 is 2.61 bits per heavy atom. The molecule has 1 aliphatic heterocycles. The molecule has 1 fully saturated rings. The SMILES string of the molecule is CC1COCCN1S(=O)(=O)c1ccc(CN)cc1. The highest BCUT2D eigenvalue weighted by molar-refractivity contribution is 7.89. The van der Waals surface area contributed by atoms with E-state index < -0.39 is 10.0 Å². The van der Waals surface area contributed by atoms with Gasteiger partial charge in [0.1, 0.15) is 0 Å². The maximum atomic E-state index is 12.4. The third-order valence-electron chi connectivity index (χ3n) is 3.07. The van der Waals surface area contributed by atoms with Gasteiger partial charge in [-0.1, -0.05) is 12.1 Å². The molecule has 2 N–H and O–H groups in total. The summed E-state index contributed by atoms with van der Waals surface area (Å²) in [6, 6.07) is 6.59. The molecule has 100 valence electrons. The lowest BCUT2D eigenvalue weighted by Crippen LogP contribution is -2.46. The molecule has 0 saturated carbocycles. The Hall–Kier alpha value is -0.950. The van der Waals surface area contributed by atoms with Crippen LogP contribution in [0.1, 0.15) is 12.5 Å². The molecular formula is C12H18N2O3S. The zero-order chi connectivity index (χ0) is 13.2. The fourth-order valence-electron chi connectivity index (χ4n) is 2.00. The summed E-state index contributed by atoms with van der Waals surface area (Å²) in [5, 5.41) is 0. The van der Waals surface area contributed by atoms with Gasteiger partial charge in [0.2, 0.25) is 10.0 Å². The predicted octanol–water partition coefficient (Wildman–Crippen LogP) is 0.555. The van der Waals surface area contributed by atoms with Crippen molar-refractivity contribution in [2.24, 2.45) is 5.73 Å². The first-order chi connectivity index (χ1) is 8.55. The van der Waals surface area contributed by atoms with E-state index in [2.05, 4.69) is 0 Å². The van der Waals surface area contributed by atoms with E-state index in [0.717, 1.165) is 5.56 Å². The zero-order valence-electron chi connectivity index (χ0n) is 10.4. The second kappa shape index (κ2) is 5.36. The highest BCUT2D eigenvalue weighted by atomic mass is 32.2. The lowest BCUT2D eigenvalue weighted by molar-refractivity contribution is 0.0393. The number of hydrogen-bond donors (Lipinski definition) is 1. The minimum absolute atomic E-state index is 0.127. The van der Waals surface area contributed by atoms with Crippen LogP contribution in [0, 0.1) is 0 Å². The molecule has 6 heteroatoms. The molecule has 1 aliphatic rings. The number of ether oxygens (including phenoxy) is 1. The summed E-state index contributed by atoms with van der Waals surface area (Å²) in [4.78, 5) is 0.313. The van der Waals surface area contributed by atoms with Gasteiger partial charge in [0.15, 0.2) is 0 Å². The van der Waals surface area contributed by atoms with Crippen molar-refractivity contribution in [2.75, 3.05) is 19.8 Å². The molecule has 1 heterocycles. The summed E-state index contributed by atoms with van der Waals surface area (Å²) in [6.45, 7) is 3.56. The van der Waals surface area contributed by atoms with Crippen molar-refractivity contribution in [1.82, 2.24) is 4.31 Å². The summed E-state index contributed by atoms with van der Waals surface area (Å²) in [7, 11) is -3.42. The molecular weight excluding hydrogens is 252 g/mol. The average molecular weight is 270 g/mol. The van der Waals surface area contributed by atoms with Crippen molar-refractivity contribution in [3.05, 3.63) is 29.8 Å². The smallest absolute Gasteiger partial charge is 0.243 e. The van der Waals surface area contributed by atoms with E-state index in [9.17, 15) is 8.42 Å². The van der Waals surface area contributed by atoms with Crippen LogP contribution in [0.15, 0.2) is 29.2 Å². The number of sulfonamides is 1. The van der Waals surface area contributed by atoms with Gasteiger partial charge in [-0.05, 0) is 24.6 Å². The molecule has 1 aromatic carbocycles. The van der Waals surface area contributed by atoms with Crippen molar-refractivity contribution in [1.29, 1.82) is 0 Å². The van der Waals surface area contributed by atoms with E-state index in [1.165, 1.54) is 4.31 Å². The van der Waals surface area contributed by atoms with E-state index in [4.69, 9.17) is 10.5 Å². The Morgan fingerprint density at radius 1 is 1.39 bits per heavy atom. The van der Waals surface area contributed by atoms with E-state index in [1.807, 2.05) is 6.92 Å². The second-order valence-electron chi connectivity index (χ2n) is 4.39. The number of nitrogens with zero attached hydrogens (tertiary/aromatic N) is 1. The van der Waals surface area contributed by atoms with Crippen molar-refractivity contribution < 1.29 is 13.2 Å². The van der Waals surface area contributed by atoms with E-state index >= 15 is 0 Å². The monoisotopic (exact) mass is 270 g/mol. The first kappa shape index (κ1) is 13.5. The summed E-state index contributed by atoms with van der Waals surface area (Å²) >= 11 is 0. The fraction of sp³-hybridized carbons (Fsp3) is 0.500. The standard InChI is InChI=1S/C12H18N2O3S/c1-10-9-17-7-6-14(10)18(15,16)12-4-2-11(8-13)3-5-12/h2-5,10H,6-9,13H2,1H3. The Morgan fingerprint density at radius 2 is 2.06 bits per heavy atom. The van der Waals surface area contributed by atoms with Gasteiger partial charge in [-0.25, -0.2) is 8.42 Å². The van der Waals surface area contributed by atoms with Crippen LogP contribution in [-0.2, 0) is 21.3 Å². The van der Waals surface area contributed by atoms with Crippen LogP contribution < -0.4 is 5.73 Å². The van der Waals surface area contributed by atoms with E-state index in [1.54, 1.807) is 24.3 Å². The summed E-state index contributed by atoms with van der Waals surface area (Å²) in [5.74, 6) is 0. The van der Waals surface area contributed by atoms with E-state index in [-0.39, 0.29) is 6.04 Å². The summed E-state index contributed by atoms with van der Waals surface area (Å²) < 4.78 is 31.6. The number of hydrogen-bond acceptors (Lipinski definition) is 4. The van der Waals surface area contributed by atoms with E-state index in [0.29, 0.717) is 31.2 Å². The number of nitrogens with two attached hydrogens (primary N) is 1. The van der Waals surface area contributed by atoms with Gasteiger partial charge in [0.05, 0.1) is 18.1 Å². The van der Waals surface area contributed by atoms with Crippen molar-refractivity contribution in [3.8, 4) is 0 Å². The second-order valence-corrected chi connectivity index (χ2v) is 6.28. The van der Waals surface area contributed by atoms with Gasteiger partial charge in [0.25, 0.3) is 0 Å². The molecule has 1 saturated heterocycles. The Bertz CT molecular complexity index is 499. The fourth-order valence-corrected chi connectivity index (χ4v) is 3.60. The van der Waals surface area contributed by atoms with Crippen LogP contribution in [0.2, 0.25) is 0 Å². The lowest BCUT2D eigenvalue weighted by Gasteiger charge is -2.32.